The fourth-order valence-electron chi connectivity index (χ4n) is 0. The van der Waals surface area contributed by atoms with Crippen LogP contribution in [0.15, 0.2) is 0 Å². The molecular formula is H10AlGeO4P. The van der Waals surface area contributed by atoms with Crippen molar-refractivity contribution in [3.8, 4) is 0 Å². The first kappa shape index (κ1) is 15.7. The van der Waals surface area contributed by atoms with Gasteiger partial charge in [0.25, 0.3) is 0 Å². The summed E-state index contributed by atoms with van der Waals surface area (Å²) in [6.07, 6.45) is 0. The van der Waals surface area contributed by atoms with E-state index in [0.29, 0.717) is 0 Å². The molecule has 0 rings (SSSR count). The molecule has 0 amide bonds. The summed E-state index contributed by atoms with van der Waals surface area (Å²) in [5.41, 5.74) is 0. The van der Waals surface area contributed by atoms with Gasteiger partial charge in [0.2, 0.25) is 0 Å². The van der Waals surface area contributed by atoms with Crippen molar-refractivity contribution >= 4 is 42.8 Å². The van der Waals surface area contributed by atoms with Gasteiger partial charge in [0.15, 0.2) is 17.4 Å². The quantitative estimate of drug-likeness (QED) is 0.282. The molecule has 0 spiro atoms. The molecule has 0 fully saturated rings. The summed E-state index contributed by atoms with van der Waals surface area (Å²) in [6.45, 7) is 0. The fourth-order valence-corrected chi connectivity index (χ4v) is 0. The zero-order valence-electron chi connectivity index (χ0n) is 2.20. The van der Waals surface area contributed by atoms with Gasteiger partial charge in [0.1, 0.15) is 0 Å². The number of hydrogen-bond donors (Lipinski definition) is 3. The monoisotopic (exact) mass is 206 g/mol. The minimum atomic E-state index is -4.64. The van der Waals surface area contributed by atoms with Crippen molar-refractivity contribution in [1.82, 2.24) is 0 Å². The second kappa shape index (κ2) is 5.32. The van der Waals surface area contributed by atoms with Gasteiger partial charge in [0.05, 0.1) is 0 Å². The van der Waals surface area contributed by atoms with Gasteiger partial charge in [0, 0.05) is 0 Å². The molecule has 0 aliphatic heterocycles. The molecule has 0 aromatic rings. The van der Waals surface area contributed by atoms with Crippen LogP contribution in [0.1, 0.15) is 0 Å². The summed E-state index contributed by atoms with van der Waals surface area (Å²) in [7, 11) is -4.64. The summed E-state index contributed by atoms with van der Waals surface area (Å²) in [4.78, 5) is 21.6. The molecule has 0 saturated carbocycles. The van der Waals surface area contributed by atoms with Gasteiger partial charge in [-0.05, 0) is 0 Å². The summed E-state index contributed by atoms with van der Waals surface area (Å²) in [5, 5.41) is 0. The predicted molar refractivity (Wildman–Crippen MR) is 35.5 cm³/mol. The Kier molecular flexibility index (Phi) is 12.0. The Morgan fingerprint density at radius 1 is 1.14 bits per heavy atom. The van der Waals surface area contributed by atoms with E-state index in [9.17, 15) is 0 Å². The third-order valence-electron chi connectivity index (χ3n) is 0. The van der Waals surface area contributed by atoms with Crippen molar-refractivity contribution < 1.29 is 19.2 Å². The first-order valence-corrected chi connectivity index (χ1v) is 2.35. The maximum atomic E-state index is 8.88. The van der Waals surface area contributed by atoms with Crippen LogP contribution in [0.2, 0.25) is 0 Å². The van der Waals surface area contributed by atoms with Gasteiger partial charge in [-0.2, -0.15) is 0 Å². The average molecular weight is 205 g/mol. The van der Waals surface area contributed by atoms with Crippen LogP contribution in [0, 0.1) is 0 Å². The van der Waals surface area contributed by atoms with Crippen molar-refractivity contribution in [2.75, 3.05) is 0 Å². The van der Waals surface area contributed by atoms with E-state index in [1.807, 2.05) is 0 Å². The van der Waals surface area contributed by atoms with E-state index in [-0.39, 0.29) is 35.0 Å². The van der Waals surface area contributed by atoms with Gasteiger partial charge >= 0.3 is 25.4 Å². The Bertz CT molecular complexity index is 57.8. The van der Waals surface area contributed by atoms with Crippen LogP contribution in [-0.4, -0.2) is 49.6 Å². The van der Waals surface area contributed by atoms with E-state index in [1.165, 1.54) is 0 Å². The molecule has 0 saturated heterocycles. The fraction of sp³-hybridized carbons (Fsp3) is 0. The Morgan fingerprint density at radius 2 is 1.14 bits per heavy atom. The second-order valence-electron chi connectivity index (χ2n) is 0.513. The summed E-state index contributed by atoms with van der Waals surface area (Å²) in [6, 6.07) is 0. The Labute approximate surface area is 62.3 Å². The zero-order valence-corrected chi connectivity index (χ0v) is 3.09. The Balaban J connectivity index is -0.0000000800. The Morgan fingerprint density at radius 3 is 1.14 bits per heavy atom. The number of hydrogen-bond acceptors (Lipinski definition) is 1. The van der Waals surface area contributed by atoms with E-state index >= 15 is 0 Å². The zero-order chi connectivity index (χ0) is 4.50. The molecule has 7 heavy (non-hydrogen) atoms. The third kappa shape index (κ3) is 138. The first-order valence-electron chi connectivity index (χ1n) is 0.783. The van der Waals surface area contributed by atoms with Gasteiger partial charge < -0.3 is 14.7 Å². The van der Waals surface area contributed by atoms with Crippen molar-refractivity contribution in [3.05, 3.63) is 0 Å². The van der Waals surface area contributed by atoms with E-state index in [2.05, 4.69) is 0 Å². The molecule has 46 valence electrons. The van der Waals surface area contributed by atoms with Crippen molar-refractivity contribution in [2.45, 2.75) is 0 Å². The maximum absolute atomic E-state index is 8.88. The minimum absolute atomic E-state index is 0. The molecule has 0 aliphatic rings. The van der Waals surface area contributed by atoms with Crippen LogP contribution in [0.5, 0.6) is 0 Å². The van der Waals surface area contributed by atoms with Crippen LogP contribution in [0.25, 0.3) is 0 Å². The standard InChI is InChI=1S/Al.GeH4.H3O4P.3H/c;;1-5(2,3)4;;;/h;1H4;(H3,1,2,3,4);;;. The van der Waals surface area contributed by atoms with E-state index in [1.54, 1.807) is 0 Å². The Hall–Kier alpha value is 1.19. The number of rotatable bonds is 0. The van der Waals surface area contributed by atoms with Crippen molar-refractivity contribution in [1.29, 1.82) is 0 Å². The molecular weight excluding hydrogens is 195 g/mol. The molecule has 0 bridgehead atoms. The molecule has 0 radical (unpaired) electrons. The molecule has 0 unspecified atom stereocenters. The second-order valence-corrected chi connectivity index (χ2v) is 1.54. The van der Waals surface area contributed by atoms with Gasteiger partial charge in [-0.1, -0.05) is 0 Å². The molecule has 0 aromatic heterocycles. The molecule has 0 atom stereocenters. The molecule has 3 N–H and O–H groups in total. The van der Waals surface area contributed by atoms with E-state index in [0.717, 1.165) is 0 Å². The molecule has 0 heterocycles. The van der Waals surface area contributed by atoms with Gasteiger partial charge in [-0.3, -0.25) is 0 Å². The van der Waals surface area contributed by atoms with Crippen LogP contribution in [-0.2, 0) is 4.57 Å². The van der Waals surface area contributed by atoms with Crippen LogP contribution >= 0.6 is 7.82 Å². The molecule has 0 aromatic carbocycles. The number of phosphoric acid groups is 1. The normalized spacial score (nSPS) is 8.43. The van der Waals surface area contributed by atoms with Gasteiger partial charge in [-0.25, -0.2) is 4.57 Å². The van der Waals surface area contributed by atoms with Crippen molar-refractivity contribution in [3.63, 3.8) is 0 Å². The van der Waals surface area contributed by atoms with E-state index < -0.39 is 7.82 Å². The van der Waals surface area contributed by atoms with Crippen LogP contribution < -0.4 is 0 Å². The summed E-state index contributed by atoms with van der Waals surface area (Å²) in [5.74, 6) is 0. The molecule has 0 aliphatic carbocycles. The van der Waals surface area contributed by atoms with E-state index in [4.69, 9.17) is 19.2 Å². The molecule has 7 heteroatoms. The topological polar surface area (TPSA) is 77.8 Å². The molecule has 4 nitrogen and oxygen atoms in total. The first-order chi connectivity index (χ1) is 2.00. The third-order valence-corrected chi connectivity index (χ3v) is 0. The van der Waals surface area contributed by atoms with Crippen LogP contribution in [0.4, 0.5) is 0 Å². The summed E-state index contributed by atoms with van der Waals surface area (Å²) >= 11 is 0. The van der Waals surface area contributed by atoms with Crippen LogP contribution in [0.3, 0.4) is 0 Å². The van der Waals surface area contributed by atoms with Gasteiger partial charge in [-0.15, -0.1) is 0 Å². The average Bonchev–Trinajstić information content (AvgIpc) is 0.722. The predicted octanol–water partition coefficient (Wildman–Crippen LogP) is -3.56. The SMILES string of the molecule is O=P(O)(O)O.[AlH3].[GeH4]. The summed E-state index contributed by atoms with van der Waals surface area (Å²) < 4.78 is 8.88. The van der Waals surface area contributed by atoms with Crippen molar-refractivity contribution in [2.24, 2.45) is 0 Å².